The molecule has 1 N–H and O–H groups in total. The van der Waals surface area contributed by atoms with Gasteiger partial charge in [0.2, 0.25) is 0 Å². The minimum Gasteiger partial charge on any atom is -0.494 e. The van der Waals surface area contributed by atoms with Gasteiger partial charge in [-0.1, -0.05) is 11.8 Å². The molecule has 1 aromatic carbocycles. The molecule has 0 fully saturated rings. The average molecular weight is 316 g/mol. The van der Waals surface area contributed by atoms with Gasteiger partial charge < -0.3 is 9.72 Å². The van der Waals surface area contributed by atoms with Crippen molar-refractivity contribution < 1.29 is 4.74 Å². The summed E-state index contributed by atoms with van der Waals surface area (Å²) < 4.78 is 7.36. The van der Waals surface area contributed by atoms with Crippen LogP contribution < -0.4 is 4.74 Å². The van der Waals surface area contributed by atoms with Crippen molar-refractivity contribution in [2.45, 2.75) is 24.9 Å². The third-order valence-electron chi connectivity index (χ3n) is 3.35. The zero-order chi connectivity index (χ0) is 15.4. The maximum absolute atomic E-state index is 5.51. The van der Waals surface area contributed by atoms with Crippen molar-refractivity contribution in [1.29, 1.82) is 0 Å². The summed E-state index contributed by atoms with van der Waals surface area (Å²) in [5.41, 5.74) is 3.30. The van der Waals surface area contributed by atoms with Crippen molar-refractivity contribution in [1.82, 2.24) is 19.7 Å². The van der Waals surface area contributed by atoms with Gasteiger partial charge in [-0.15, -0.1) is 0 Å². The second-order valence-electron chi connectivity index (χ2n) is 5.13. The molecule has 0 amide bonds. The summed E-state index contributed by atoms with van der Waals surface area (Å²) in [5.74, 6) is 1.92. The van der Waals surface area contributed by atoms with Crippen LogP contribution in [0.25, 0.3) is 11.0 Å². The van der Waals surface area contributed by atoms with E-state index >= 15 is 0 Å². The molecule has 0 saturated heterocycles. The molecule has 3 aromatic rings. The predicted octanol–water partition coefficient (Wildman–Crippen LogP) is 3.42. The molecule has 6 heteroatoms. The zero-order valence-electron chi connectivity index (χ0n) is 12.9. The summed E-state index contributed by atoms with van der Waals surface area (Å²) >= 11 is 1.76. The number of thioether (sulfide) groups is 1. The van der Waals surface area contributed by atoms with Crippen molar-refractivity contribution in [2.24, 2.45) is 7.05 Å². The van der Waals surface area contributed by atoms with Gasteiger partial charge in [0.15, 0.2) is 5.16 Å². The van der Waals surface area contributed by atoms with Gasteiger partial charge in [0.1, 0.15) is 5.75 Å². The first kappa shape index (κ1) is 15.0. The molecule has 116 valence electrons. The van der Waals surface area contributed by atoms with Gasteiger partial charge in [-0.2, -0.15) is 5.10 Å². The monoisotopic (exact) mass is 316 g/mol. The van der Waals surface area contributed by atoms with Crippen LogP contribution in [0.2, 0.25) is 0 Å². The molecule has 0 atom stereocenters. The highest BCUT2D eigenvalue weighted by Crippen LogP contribution is 2.24. The number of hydrogen-bond donors (Lipinski definition) is 1. The van der Waals surface area contributed by atoms with Crippen LogP contribution in [0, 0.1) is 0 Å². The summed E-state index contributed by atoms with van der Waals surface area (Å²) in [6, 6.07) is 5.96. The van der Waals surface area contributed by atoms with Crippen molar-refractivity contribution in [2.75, 3.05) is 12.4 Å². The summed E-state index contributed by atoms with van der Waals surface area (Å²) in [6.07, 6.45) is 6.16. The second kappa shape index (κ2) is 6.87. The number of nitrogens with zero attached hydrogens (tertiary/aromatic N) is 3. The fraction of sp³-hybridized carbons (Fsp3) is 0.375. The predicted molar refractivity (Wildman–Crippen MR) is 89.5 cm³/mol. The van der Waals surface area contributed by atoms with Gasteiger partial charge in [0, 0.05) is 25.1 Å². The van der Waals surface area contributed by atoms with Gasteiger partial charge >= 0.3 is 0 Å². The number of rotatable bonds is 7. The highest BCUT2D eigenvalue weighted by molar-refractivity contribution is 7.99. The van der Waals surface area contributed by atoms with Gasteiger partial charge in [-0.05, 0) is 37.5 Å². The third-order valence-corrected chi connectivity index (χ3v) is 4.31. The molecule has 0 aliphatic rings. The maximum atomic E-state index is 5.51. The lowest BCUT2D eigenvalue weighted by Crippen LogP contribution is -1.90. The molecule has 0 spiro atoms. The smallest absolute Gasteiger partial charge is 0.166 e. The quantitative estimate of drug-likeness (QED) is 0.536. The number of aryl methyl sites for hydroxylation is 2. The van der Waals surface area contributed by atoms with Crippen LogP contribution in [0.1, 0.15) is 18.9 Å². The van der Waals surface area contributed by atoms with E-state index in [4.69, 9.17) is 4.74 Å². The summed E-state index contributed by atoms with van der Waals surface area (Å²) in [6.45, 7) is 2.66. The highest BCUT2D eigenvalue weighted by atomic mass is 32.2. The molecule has 2 aromatic heterocycles. The molecule has 0 unspecified atom stereocenters. The lowest BCUT2D eigenvalue weighted by Gasteiger charge is -2.00. The van der Waals surface area contributed by atoms with E-state index in [2.05, 4.69) is 21.3 Å². The average Bonchev–Trinajstić information content (AvgIpc) is 3.09. The standard InChI is InChI=1S/C16H20N4OS/c1-3-21-13-6-7-14-15(9-13)19-16(18-14)22-8-4-5-12-10-17-20(2)11-12/h6-7,9-11H,3-5,8H2,1-2H3,(H,18,19). The van der Waals surface area contributed by atoms with E-state index in [1.165, 1.54) is 5.56 Å². The summed E-state index contributed by atoms with van der Waals surface area (Å²) in [5, 5.41) is 5.15. The van der Waals surface area contributed by atoms with E-state index in [1.54, 1.807) is 11.8 Å². The molecule has 0 aliphatic carbocycles. The zero-order valence-corrected chi connectivity index (χ0v) is 13.7. The summed E-state index contributed by atoms with van der Waals surface area (Å²) in [4.78, 5) is 7.95. The first-order chi connectivity index (χ1) is 10.7. The topological polar surface area (TPSA) is 55.7 Å². The number of H-pyrrole nitrogens is 1. The number of nitrogens with one attached hydrogen (secondary N) is 1. The molecule has 22 heavy (non-hydrogen) atoms. The molecule has 2 heterocycles. The maximum Gasteiger partial charge on any atom is 0.166 e. The first-order valence-electron chi connectivity index (χ1n) is 7.47. The number of aromatic nitrogens is 4. The number of ether oxygens (including phenoxy) is 1. The number of hydrogen-bond acceptors (Lipinski definition) is 4. The molecular formula is C16H20N4OS. The Bertz CT molecular complexity index is 750. The minimum absolute atomic E-state index is 0.676. The van der Waals surface area contributed by atoms with E-state index < -0.39 is 0 Å². The van der Waals surface area contributed by atoms with E-state index in [0.29, 0.717) is 6.61 Å². The normalized spacial score (nSPS) is 11.2. The van der Waals surface area contributed by atoms with Crippen molar-refractivity contribution in [3.63, 3.8) is 0 Å². The van der Waals surface area contributed by atoms with Gasteiger partial charge in [0.25, 0.3) is 0 Å². The highest BCUT2D eigenvalue weighted by Gasteiger charge is 2.05. The van der Waals surface area contributed by atoms with E-state index in [-0.39, 0.29) is 0 Å². The second-order valence-corrected chi connectivity index (χ2v) is 6.21. The van der Waals surface area contributed by atoms with Crippen LogP contribution in [0.3, 0.4) is 0 Å². The Morgan fingerprint density at radius 1 is 1.36 bits per heavy atom. The van der Waals surface area contributed by atoms with Crippen LogP contribution in [-0.2, 0) is 13.5 Å². The molecule has 0 aliphatic heterocycles. The summed E-state index contributed by atoms with van der Waals surface area (Å²) in [7, 11) is 1.95. The van der Waals surface area contributed by atoms with E-state index in [1.807, 2.05) is 43.0 Å². The van der Waals surface area contributed by atoms with Crippen LogP contribution >= 0.6 is 11.8 Å². The first-order valence-corrected chi connectivity index (χ1v) is 8.46. The lowest BCUT2D eigenvalue weighted by molar-refractivity contribution is 0.340. The third kappa shape index (κ3) is 3.62. The molecule has 0 radical (unpaired) electrons. The van der Waals surface area contributed by atoms with Crippen LogP contribution in [0.15, 0.2) is 35.7 Å². The van der Waals surface area contributed by atoms with Crippen LogP contribution in [0.4, 0.5) is 0 Å². The van der Waals surface area contributed by atoms with Gasteiger partial charge in [-0.3, -0.25) is 4.68 Å². The van der Waals surface area contributed by atoms with E-state index in [0.717, 1.165) is 40.5 Å². The Hall–Kier alpha value is -1.95. The Balaban J connectivity index is 1.55. The minimum atomic E-state index is 0.676. The number of benzene rings is 1. The molecule has 5 nitrogen and oxygen atoms in total. The van der Waals surface area contributed by atoms with E-state index in [9.17, 15) is 0 Å². The van der Waals surface area contributed by atoms with Gasteiger partial charge in [-0.25, -0.2) is 4.98 Å². The largest absolute Gasteiger partial charge is 0.494 e. The van der Waals surface area contributed by atoms with Crippen molar-refractivity contribution in [3.8, 4) is 5.75 Å². The molecule has 0 saturated carbocycles. The Morgan fingerprint density at radius 3 is 3.05 bits per heavy atom. The van der Waals surface area contributed by atoms with Crippen molar-refractivity contribution >= 4 is 22.8 Å². The van der Waals surface area contributed by atoms with Gasteiger partial charge in [0.05, 0.1) is 23.8 Å². The Labute approximate surface area is 134 Å². The van der Waals surface area contributed by atoms with Crippen molar-refractivity contribution in [3.05, 3.63) is 36.2 Å². The van der Waals surface area contributed by atoms with Crippen LogP contribution in [-0.4, -0.2) is 32.1 Å². The van der Waals surface area contributed by atoms with Crippen LogP contribution in [0.5, 0.6) is 5.75 Å². The fourth-order valence-electron chi connectivity index (χ4n) is 2.34. The Kier molecular flexibility index (Phi) is 4.68. The molecular weight excluding hydrogens is 296 g/mol. The number of fused-ring (bicyclic) bond motifs is 1. The SMILES string of the molecule is CCOc1ccc2nc(SCCCc3cnn(C)c3)[nH]c2c1. The molecule has 3 rings (SSSR count). The Morgan fingerprint density at radius 2 is 2.27 bits per heavy atom. The lowest BCUT2D eigenvalue weighted by atomic mass is 10.2. The number of imidazole rings is 1. The fourth-order valence-corrected chi connectivity index (χ4v) is 3.16. The number of aromatic amines is 1. The molecule has 0 bridgehead atoms.